The van der Waals surface area contributed by atoms with Crippen molar-refractivity contribution >= 4 is 28.2 Å². The number of rotatable bonds is 3. The molecule has 0 fully saturated rings. The highest BCUT2D eigenvalue weighted by Gasteiger charge is 2.12. The maximum Gasteiger partial charge on any atom is 0.338 e. The molecule has 0 N–H and O–H groups in total. The first kappa shape index (κ1) is 11.9. The first-order chi connectivity index (χ1) is 9.29. The monoisotopic (exact) mass is 272 g/mol. The van der Waals surface area contributed by atoms with Gasteiger partial charge in [-0.2, -0.15) is 0 Å². The zero-order valence-electron chi connectivity index (χ0n) is 10.4. The Labute approximate surface area is 114 Å². The minimum atomic E-state index is -0.308. The summed E-state index contributed by atoms with van der Waals surface area (Å²) in [6, 6.07) is 7.58. The number of carbonyl (C=O) groups is 1. The SMILES string of the molecule is COC(=O)c1cccc2c1ccn2Cc1cscn1. The minimum absolute atomic E-state index is 0.308. The molecule has 3 rings (SSSR count). The molecule has 0 aliphatic heterocycles. The van der Waals surface area contributed by atoms with Gasteiger partial charge in [0.25, 0.3) is 0 Å². The molecule has 0 unspecified atom stereocenters. The number of ether oxygens (including phenoxy) is 1. The van der Waals surface area contributed by atoms with Gasteiger partial charge in [-0.15, -0.1) is 11.3 Å². The number of esters is 1. The normalized spacial score (nSPS) is 10.8. The highest BCUT2D eigenvalue weighted by Crippen LogP contribution is 2.22. The van der Waals surface area contributed by atoms with Crippen LogP contribution in [0.2, 0.25) is 0 Å². The van der Waals surface area contributed by atoms with Gasteiger partial charge in [0, 0.05) is 22.5 Å². The van der Waals surface area contributed by atoms with E-state index in [2.05, 4.69) is 9.55 Å². The largest absolute Gasteiger partial charge is 0.465 e. The van der Waals surface area contributed by atoms with Gasteiger partial charge in [0.05, 0.1) is 30.4 Å². The summed E-state index contributed by atoms with van der Waals surface area (Å²) >= 11 is 1.58. The van der Waals surface area contributed by atoms with Gasteiger partial charge in [-0.25, -0.2) is 9.78 Å². The van der Waals surface area contributed by atoms with E-state index in [1.54, 1.807) is 17.4 Å². The third-order valence-corrected chi connectivity index (χ3v) is 3.67. The van der Waals surface area contributed by atoms with Gasteiger partial charge in [0.15, 0.2) is 0 Å². The van der Waals surface area contributed by atoms with Crippen LogP contribution in [0.4, 0.5) is 0 Å². The van der Waals surface area contributed by atoms with E-state index in [0.717, 1.165) is 16.6 Å². The summed E-state index contributed by atoms with van der Waals surface area (Å²) in [5.41, 5.74) is 4.44. The van der Waals surface area contributed by atoms with Crippen LogP contribution in [-0.4, -0.2) is 22.6 Å². The fraction of sp³-hybridized carbons (Fsp3) is 0.143. The van der Waals surface area contributed by atoms with E-state index in [1.165, 1.54) is 7.11 Å². The molecule has 19 heavy (non-hydrogen) atoms. The number of nitrogens with zero attached hydrogens (tertiary/aromatic N) is 2. The van der Waals surface area contributed by atoms with Crippen LogP contribution in [0.3, 0.4) is 0 Å². The maximum atomic E-state index is 11.7. The van der Waals surface area contributed by atoms with Gasteiger partial charge in [0.1, 0.15) is 0 Å². The lowest BCUT2D eigenvalue weighted by molar-refractivity contribution is 0.0603. The molecule has 0 aliphatic rings. The number of benzene rings is 1. The average Bonchev–Trinajstić information content (AvgIpc) is 3.08. The van der Waals surface area contributed by atoms with Crippen molar-refractivity contribution in [2.45, 2.75) is 6.54 Å². The van der Waals surface area contributed by atoms with Gasteiger partial charge >= 0.3 is 5.97 Å². The Kier molecular flexibility index (Phi) is 3.05. The van der Waals surface area contributed by atoms with Crippen LogP contribution in [0.5, 0.6) is 0 Å². The van der Waals surface area contributed by atoms with Crippen molar-refractivity contribution in [3.8, 4) is 0 Å². The molecule has 0 amide bonds. The van der Waals surface area contributed by atoms with E-state index in [0.29, 0.717) is 12.1 Å². The molecule has 0 atom stereocenters. The molecule has 0 saturated heterocycles. The fourth-order valence-electron chi connectivity index (χ4n) is 2.14. The molecule has 5 heteroatoms. The first-order valence-corrected chi connectivity index (χ1v) is 6.77. The van der Waals surface area contributed by atoms with Crippen molar-refractivity contribution in [2.24, 2.45) is 0 Å². The van der Waals surface area contributed by atoms with Crippen molar-refractivity contribution in [2.75, 3.05) is 7.11 Å². The third kappa shape index (κ3) is 2.13. The van der Waals surface area contributed by atoms with Gasteiger partial charge in [0.2, 0.25) is 0 Å². The number of hydrogen-bond acceptors (Lipinski definition) is 4. The lowest BCUT2D eigenvalue weighted by Crippen LogP contribution is -2.02. The van der Waals surface area contributed by atoms with Crippen LogP contribution in [0.15, 0.2) is 41.4 Å². The van der Waals surface area contributed by atoms with Gasteiger partial charge in [-0.3, -0.25) is 0 Å². The summed E-state index contributed by atoms with van der Waals surface area (Å²) in [5.74, 6) is -0.308. The number of methoxy groups -OCH3 is 1. The average molecular weight is 272 g/mol. The van der Waals surface area contributed by atoms with E-state index in [1.807, 2.05) is 35.3 Å². The van der Waals surface area contributed by atoms with E-state index in [9.17, 15) is 4.79 Å². The molecule has 96 valence electrons. The Morgan fingerprint density at radius 3 is 3.05 bits per heavy atom. The van der Waals surface area contributed by atoms with E-state index in [4.69, 9.17) is 4.74 Å². The molecule has 2 heterocycles. The Morgan fingerprint density at radius 1 is 1.42 bits per heavy atom. The number of hydrogen-bond donors (Lipinski definition) is 0. The van der Waals surface area contributed by atoms with E-state index in [-0.39, 0.29) is 5.97 Å². The molecule has 0 saturated carbocycles. The molecule has 0 radical (unpaired) electrons. The molecule has 2 aromatic heterocycles. The van der Waals surface area contributed by atoms with Crippen LogP contribution >= 0.6 is 11.3 Å². The smallest absolute Gasteiger partial charge is 0.338 e. The number of thiazole rings is 1. The van der Waals surface area contributed by atoms with Crippen molar-refractivity contribution in [3.63, 3.8) is 0 Å². The number of carbonyl (C=O) groups excluding carboxylic acids is 1. The fourth-order valence-corrected chi connectivity index (χ4v) is 2.69. The Balaban J connectivity index is 2.06. The van der Waals surface area contributed by atoms with E-state index < -0.39 is 0 Å². The van der Waals surface area contributed by atoms with Crippen molar-refractivity contribution in [3.05, 3.63) is 52.6 Å². The lowest BCUT2D eigenvalue weighted by atomic mass is 10.1. The molecular weight excluding hydrogens is 260 g/mol. The molecular formula is C14H12N2O2S. The minimum Gasteiger partial charge on any atom is -0.465 e. The molecule has 3 aromatic rings. The van der Waals surface area contributed by atoms with Crippen molar-refractivity contribution in [1.29, 1.82) is 0 Å². The van der Waals surface area contributed by atoms with Gasteiger partial charge in [-0.1, -0.05) is 6.07 Å². The zero-order chi connectivity index (χ0) is 13.2. The number of fused-ring (bicyclic) bond motifs is 1. The molecule has 0 bridgehead atoms. The second-order valence-corrected chi connectivity index (χ2v) is 4.87. The molecule has 4 nitrogen and oxygen atoms in total. The molecule has 1 aromatic carbocycles. The van der Waals surface area contributed by atoms with Crippen LogP contribution in [-0.2, 0) is 11.3 Å². The van der Waals surface area contributed by atoms with Crippen LogP contribution < -0.4 is 0 Å². The highest BCUT2D eigenvalue weighted by molar-refractivity contribution is 7.07. The molecule has 0 spiro atoms. The van der Waals surface area contributed by atoms with Crippen LogP contribution in [0, 0.1) is 0 Å². The summed E-state index contributed by atoms with van der Waals surface area (Å²) in [7, 11) is 1.40. The first-order valence-electron chi connectivity index (χ1n) is 5.83. The predicted molar refractivity (Wildman–Crippen MR) is 74.5 cm³/mol. The van der Waals surface area contributed by atoms with Crippen molar-refractivity contribution < 1.29 is 9.53 Å². The van der Waals surface area contributed by atoms with Gasteiger partial charge in [-0.05, 0) is 18.2 Å². The molecule has 0 aliphatic carbocycles. The summed E-state index contributed by atoms with van der Waals surface area (Å²) in [6.07, 6.45) is 1.97. The standard InChI is InChI=1S/C14H12N2O2S/c1-18-14(17)12-3-2-4-13-11(12)5-6-16(13)7-10-8-19-9-15-10/h2-6,8-9H,7H2,1H3. The quantitative estimate of drug-likeness (QED) is 0.689. The topological polar surface area (TPSA) is 44.1 Å². The van der Waals surface area contributed by atoms with E-state index >= 15 is 0 Å². The summed E-state index contributed by atoms with van der Waals surface area (Å²) < 4.78 is 6.88. The summed E-state index contributed by atoms with van der Waals surface area (Å²) in [4.78, 5) is 16.0. The summed E-state index contributed by atoms with van der Waals surface area (Å²) in [5, 5.41) is 2.93. The van der Waals surface area contributed by atoms with Crippen LogP contribution in [0.1, 0.15) is 16.1 Å². The van der Waals surface area contributed by atoms with Crippen molar-refractivity contribution in [1.82, 2.24) is 9.55 Å². The highest BCUT2D eigenvalue weighted by atomic mass is 32.1. The Morgan fingerprint density at radius 2 is 2.32 bits per heavy atom. The second-order valence-electron chi connectivity index (χ2n) is 4.15. The summed E-state index contributed by atoms with van der Waals surface area (Å²) in [6.45, 7) is 0.706. The predicted octanol–water partition coefficient (Wildman–Crippen LogP) is 2.93. The Hall–Kier alpha value is -2.14. The maximum absolute atomic E-state index is 11.7. The zero-order valence-corrected chi connectivity index (χ0v) is 11.2. The second kappa shape index (κ2) is 4.85. The number of aromatic nitrogens is 2. The lowest BCUT2D eigenvalue weighted by Gasteiger charge is -2.05. The van der Waals surface area contributed by atoms with Gasteiger partial charge < -0.3 is 9.30 Å². The third-order valence-electron chi connectivity index (χ3n) is 3.03. The Bertz CT molecular complexity index is 716. The van der Waals surface area contributed by atoms with Crippen LogP contribution in [0.25, 0.3) is 10.9 Å².